The van der Waals surface area contributed by atoms with Gasteiger partial charge in [0, 0.05) is 5.39 Å². The maximum absolute atomic E-state index is 13.6. The first-order valence-corrected chi connectivity index (χ1v) is 4.75. The van der Waals surface area contributed by atoms with E-state index in [1.807, 2.05) is 39.0 Å². The molecule has 0 unspecified atom stereocenters. The minimum Gasteiger partial charge on any atom is -0.206 e. The Bertz CT molecular complexity index is 498. The van der Waals surface area contributed by atoms with Crippen LogP contribution < -0.4 is 0 Å². The van der Waals surface area contributed by atoms with E-state index in [-0.39, 0.29) is 5.82 Å². The van der Waals surface area contributed by atoms with Crippen LogP contribution in [0.4, 0.5) is 4.39 Å². The summed E-state index contributed by atoms with van der Waals surface area (Å²) >= 11 is 0. The Morgan fingerprint density at radius 3 is 2.36 bits per heavy atom. The molecule has 14 heavy (non-hydrogen) atoms. The molecule has 0 saturated carbocycles. The second kappa shape index (κ2) is 3.09. The van der Waals surface area contributed by atoms with E-state index in [0.29, 0.717) is 0 Å². The molecular weight excluding hydrogens is 175 g/mol. The number of aryl methyl sites for hydroxylation is 3. The SMILES string of the molecule is Cc1ccc2c(C)c(C)cc(F)c2c1. The third kappa shape index (κ3) is 1.29. The first-order valence-electron chi connectivity index (χ1n) is 4.75. The van der Waals surface area contributed by atoms with Gasteiger partial charge in [0.25, 0.3) is 0 Å². The fraction of sp³-hybridized carbons (Fsp3) is 0.231. The number of fused-ring (bicyclic) bond motifs is 1. The van der Waals surface area contributed by atoms with Gasteiger partial charge in [-0.15, -0.1) is 0 Å². The molecule has 2 rings (SSSR count). The van der Waals surface area contributed by atoms with Crippen molar-refractivity contribution in [1.82, 2.24) is 0 Å². The maximum Gasteiger partial charge on any atom is 0.131 e. The van der Waals surface area contributed by atoms with E-state index >= 15 is 0 Å². The Kier molecular flexibility index (Phi) is 2.03. The average molecular weight is 188 g/mol. The predicted octanol–water partition coefficient (Wildman–Crippen LogP) is 3.90. The zero-order valence-electron chi connectivity index (χ0n) is 8.69. The summed E-state index contributed by atoms with van der Waals surface area (Å²) in [5.74, 6) is -0.119. The monoisotopic (exact) mass is 188 g/mol. The normalized spacial score (nSPS) is 10.9. The molecule has 0 heterocycles. The summed E-state index contributed by atoms with van der Waals surface area (Å²) in [6.45, 7) is 5.96. The Hall–Kier alpha value is -1.37. The summed E-state index contributed by atoms with van der Waals surface area (Å²) in [7, 11) is 0. The highest BCUT2D eigenvalue weighted by Gasteiger charge is 2.05. The van der Waals surface area contributed by atoms with Crippen molar-refractivity contribution in [2.45, 2.75) is 20.8 Å². The molecule has 0 N–H and O–H groups in total. The smallest absolute Gasteiger partial charge is 0.131 e. The van der Waals surface area contributed by atoms with Gasteiger partial charge < -0.3 is 0 Å². The molecule has 0 atom stereocenters. The van der Waals surface area contributed by atoms with Gasteiger partial charge in [-0.25, -0.2) is 4.39 Å². The van der Waals surface area contributed by atoms with Crippen molar-refractivity contribution in [3.05, 3.63) is 46.8 Å². The second-order valence-corrected chi connectivity index (χ2v) is 3.85. The maximum atomic E-state index is 13.6. The second-order valence-electron chi connectivity index (χ2n) is 3.85. The first kappa shape index (κ1) is 9.20. The standard InChI is InChI=1S/C13H13F/c1-8-4-5-11-10(3)9(2)7-13(14)12(11)6-8/h4-7H,1-3H3. The van der Waals surface area contributed by atoms with Gasteiger partial charge in [0.05, 0.1) is 0 Å². The van der Waals surface area contributed by atoms with Crippen molar-refractivity contribution in [3.63, 3.8) is 0 Å². The number of halogens is 1. The summed E-state index contributed by atoms with van der Waals surface area (Å²) in [6, 6.07) is 7.53. The number of rotatable bonds is 0. The van der Waals surface area contributed by atoms with Crippen LogP contribution in [0.15, 0.2) is 24.3 Å². The summed E-state index contributed by atoms with van der Waals surface area (Å²) < 4.78 is 13.6. The molecule has 0 aliphatic carbocycles. The van der Waals surface area contributed by atoms with Crippen molar-refractivity contribution < 1.29 is 4.39 Å². The third-order valence-electron chi connectivity index (χ3n) is 2.77. The Morgan fingerprint density at radius 2 is 1.64 bits per heavy atom. The van der Waals surface area contributed by atoms with Crippen LogP contribution in [0.25, 0.3) is 10.8 Å². The van der Waals surface area contributed by atoms with E-state index in [1.165, 1.54) is 5.56 Å². The lowest BCUT2D eigenvalue weighted by molar-refractivity contribution is 0.638. The molecule has 0 aliphatic rings. The van der Waals surface area contributed by atoms with E-state index < -0.39 is 0 Å². The van der Waals surface area contributed by atoms with E-state index in [2.05, 4.69) is 0 Å². The van der Waals surface area contributed by atoms with Crippen LogP contribution in [0.1, 0.15) is 16.7 Å². The van der Waals surface area contributed by atoms with E-state index in [4.69, 9.17) is 0 Å². The molecule has 0 aliphatic heterocycles. The Morgan fingerprint density at radius 1 is 0.929 bits per heavy atom. The Balaban J connectivity index is 2.94. The molecule has 0 spiro atoms. The van der Waals surface area contributed by atoms with Crippen molar-refractivity contribution in [3.8, 4) is 0 Å². The number of benzene rings is 2. The molecule has 2 aromatic rings. The van der Waals surface area contributed by atoms with Gasteiger partial charge in [0.15, 0.2) is 0 Å². The van der Waals surface area contributed by atoms with Gasteiger partial charge in [-0.05, 0) is 49.4 Å². The van der Waals surface area contributed by atoms with Crippen LogP contribution in [0.2, 0.25) is 0 Å². The number of hydrogen-bond acceptors (Lipinski definition) is 0. The Labute approximate surface area is 83.4 Å². The topological polar surface area (TPSA) is 0 Å². The van der Waals surface area contributed by atoms with E-state index in [9.17, 15) is 4.39 Å². The molecule has 2 aromatic carbocycles. The van der Waals surface area contributed by atoms with Crippen molar-refractivity contribution >= 4 is 10.8 Å². The number of hydrogen-bond donors (Lipinski definition) is 0. The molecule has 0 aromatic heterocycles. The lowest BCUT2D eigenvalue weighted by Crippen LogP contribution is -1.89. The van der Waals surface area contributed by atoms with Crippen LogP contribution in [0.3, 0.4) is 0 Å². The summed E-state index contributed by atoms with van der Waals surface area (Å²) in [6.07, 6.45) is 0. The third-order valence-corrected chi connectivity index (χ3v) is 2.77. The molecular formula is C13H13F. The predicted molar refractivity (Wildman–Crippen MR) is 58.1 cm³/mol. The van der Waals surface area contributed by atoms with Gasteiger partial charge in [-0.2, -0.15) is 0 Å². The van der Waals surface area contributed by atoms with Crippen molar-refractivity contribution in [2.75, 3.05) is 0 Å². The van der Waals surface area contributed by atoms with Crippen molar-refractivity contribution in [2.24, 2.45) is 0 Å². The van der Waals surface area contributed by atoms with Gasteiger partial charge in [0.2, 0.25) is 0 Å². The summed E-state index contributed by atoms with van der Waals surface area (Å²) in [4.78, 5) is 0. The van der Waals surface area contributed by atoms with Crippen molar-refractivity contribution in [1.29, 1.82) is 0 Å². The lowest BCUT2D eigenvalue weighted by Gasteiger charge is -2.07. The molecule has 0 radical (unpaired) electrons. The minimum atomic E-state index is -0.119. The van der Waals surface area contributed by atoms with Gasteiger partial charge in [-0.1, -0.05) is 17.7 Å². The van der Waals surface area contributed by atoms with Crippen LogP contribution in [0, 0.1) is 26.6 Å². The van der Waals surface area contributed by atoms with Crippen LogP contribution >= 0.6 is 0 Å². The molecule has 1 heteroatoms. The quantitative estimate of drug-likeness (QED) is 0.588. The van der Waals surface area contributed by atoms with Gasteiger partial charge in [0.1, 0.15) is 5.82 Å². The van der Waals surface area contributed by atoms with E-state index in [1.54, 1.807) is 6.07 Å². The van der Waals surface area contributed by atoms with Crippen LogP contribution in [-0.2, 0) is 0 Å². The highest BCUT2D eigenvalue weighted by molar-refractivity contribution is 5.87. The molecule has 0 nitrogen and oxygen atoms in total. The van der Waals surface area contributed by atoms with Crippen LogP contribution in [-0.4, -0.2) is 0 Å². The first-order chi connectivity index (χ1) is 6.59. The summed E-state index contributed by atoms with van der Waals surface area (Å²) in [5, 5.41) is 1.75. The zero-order chi connectivity index (χ0) is 10.3. The molecule has 0 saturated heterocycles. The minimum absolute atomic E-state index is 0.119. The molecule has 0 fully saturated rings. The van der Waals surface area contributed by atoms with Crippen LogP contribution in [0.5, 0.6) is 0 Å². The fourth-order valence-electron chi connectivity index (χ4n) is 1.77. The highest BCUT2D eigenvalue weighted by atomic mass is 19.1. The molecule has 0 amide bonds. The molecule has 0 bridgehead atoms. The average Bonchev–Trinajstić information content (AvgIpc) is 2.14. The lowest BCUT2D eigenvalue weighted by atomic mass is 9.99. The highest BCUT2D eigenvalue weighted by Crippen LogP contribution is 2.25. The largest absolute Gasteiger partial charge is 0.206 e. The summed E-state index contributed by atoms with van der Waals surface area (Å²) in [5.41, 5.74) is 3.28. The van der Waals surface area contributed by atoms with Gasteiger partial charge in [-0.3, -0.25) is 0 Å². The zero-order valence-corrected chi connectivity index (χ0v) is 8.69. The van der Waals surface area contributed by atoms with Gasteiger partial charge >= 0.3 is 0 Å². The fourth-order valence-corrected chi connectivity index (χ4v) is 1.77. The van der Waals surface area contributed by atoms with E-state index in [0.717, 1.165) is 21.9 Å². The molecule has 72 valence electrons.